The molecule has 7 heteroatoms. The van der Waals surface area contributed by atoms with E-state index in [0.717, 1.165) is 11.3 Å². The van der Waals surface area contributed by atoms with Gasteiger partial charge >= 0.3 is 0 Å². The Labute approximate surface area is 155 Å². The van der Waals surface area contributed by atoms with Crippen LogP contribution in [0, 0.1) is 6.92 Å². The number of halogens is 1. The van der Waals surface area contributed by atoms with Crippen molar-refractivity contribution >= 4 is 28.8 Å². The number of carbonyl (C=O) groups is 1. The number of anilines is 1. The van der Waals surface area contributed by atoms with Gasteiger partial charge in [-0.25, -0.2) is 4.98 Å². The zero-order valence-corrected chi connectivity index (χ0v) is 15.2. The Morgan fingerprint density at radius 3 is 2.65 bits per heavy atom. The quantitative estimate of drug-likeness (QED) is 0.747. The van der Waals surface area contributed by atoms with Crippen molar-refractivity contribution in [1.82, 2.24) is 9.38 Å². The van der Waals surface area contributed by atoms with E-state index in [1.807, 2.05) is 24.3 Å². The second kappa shape index (κ2) is 7.58. The second-order valence-corrected chi connectivity index (χ2v) is 6.29. The Morgan fingerprint density at radius 1 is 1.23 bits per heavy atom. The zero-order chi connectivity index (χ0) is 18.7. The van der Waals surface area contributed by atoms with Crippen LogP contribution in [0.5, 0.6) is 5.75 Å². The first kappa shape index (κ1) is 17.9. The highest BCUT2D eigenvalue weighted by molar-refractivity contribution is 6.30. The first-order valence-electron chi connectivity index (χ1n) is 8.09. The smallest absolute Gasteiger partial charge is 0.281 e. The van der Waals surface area contributed by atoms with Crippen molar-refractivity contribution in [3.05, 3.63) is 69.2 Å². The Bertz CT molecular complexity index is 1010. The Morgan fingerprint density at radius 2 is 1.96 bits per heavy atom. The van der Waals surface area contributed by atoms with Crippen LogP contribution >= 0.6 is 11.6 Å². The first-order valence-corrected chi connectivity index (χ1v) is 8.47. The second-order valence-electron chi connectivity index (χ2n) is 5.85. The summed E-state index contributed by atoms with van der Waals surface area (Å²) in [5.41, 5.74) is 1.78. The average molecular weight is 372 g/mol. The number of aromatic nitrogens is 2. The highest BCUT2D eigenvalue weighted by atomic mass is 35.5. The van der Waals surface area contributed by atoms with Gasteiger partial charge in [0.05, 0.1) is 17.8 Å². The van der Waals surface area contributed by atoms with Gasteiger partial charge in [0.25, 0.3) is 5.56 Å². The SMILES string of the molecule is COc1ccc(CCC(=O)Nc2c(C)nc3ccc(Cl)cn3c2=O)cc1. The van der Waals surface area contributed by atoms with Crippen molar-refractivity contribution in [1.29, 1.82) is 0 Å². The number of nitrogens with zero attached hydrogens (tertiary/aromatic N) is 2. The van der Waals surface area contributed by atoms with Gasteiger partial charge in [0.2, 0.25) is 5.91 Å². The van der Waals surface area contributed by atoms with E-state index in [4.69, 9.17) is 16.3 Å². The summed E-state index contributed by atoms with van der Waals surface area (Å²) < 4.78 is 6.44. The number of benzene rings is 1. The fourth-order valence-corrected chi connectivity index (χ4v) is 2.78. The van der Waals surface area contributed by atoms with Gasteiger partial charge < -0.3 is 10.1 Å². The summed E-state index contributed by atoms with van der Waals surface area (Å²) in [6.07, 6.45) is 2.30. The third-order valence-corrected chi connectivity index (χ3v) is 4.26. The van der Waals surface area contributed by atoms with Gasteiger partial charge in [0.15, 0.2) is 0 Å². The molecule has 6 nitrogen and oxygen atoms in total. The normalized spacial score (nSPS) is 10.7. The molecule has 134 valence electrons. The molecule has 0 aliphatic carbocycles. The third-order valence-electron chi connectivity index (χ3n) is 4.03. The Hall–Kier alpha value is -2.86. The fourth-order valence-electron chi connectivity index (χ4n) is 2.62. The van der Waals surface area contributed by atoms with Crippen LogP contribution in [0.25, 0.3) is 5.65 Å². The predicted molar refractivity (Wildman–Crippen MR) is 101 cm³/mol. The summed E-state index contributed by atoms with van der Waals surface area (Å²) in [6.45, 7) is 1.69. The maximum Gasteiger partial charge on any atom is 0.281 e. The number of rotatable bonds is 5. The predicted octanol–water partition coefficient (Wildman–Crippen LogP) is 3.24. The number of fused-ring (bicyclic) bond motifs is 1. The number of ether oxygens (including phenoxy) is 1. The first-order chi connectivity index (χ1) is 12.5. The standard InChI is InChI=1S/C19H18ClN3O3/c1-12-18(19(25)23-11-14(20)6-9-16(23)21-12)22-17(24)10-5-13-3-7-15(26-2)8-4-13/h3-4,6-9,11H,5,10H2,1-2H3,(H,22,24). The molecular formula is C19H18ClN3O3. The van der Waals surface area contributed by atoms with E-state index in [0.29, 0.717) is 22.8 Å². The van der Waals surface area contributed by atoms with Gasteiger partial charge in [-0.2, -0.15) is 0 Å². The van der Waals surface area contributed by atoms with E-state index < -0.39 is 0 Å². The molecule has 3 aromatic rings. The molecule has 0 aliphatic rings. The van der Waals surface area contributed by atoms with Crippen molar-refractivity contribution < 1.29 is 9.53 Å². The number of aryl methyl sites for hydroxylation is 2. The van der Waals surface area contributed by atoms with Crippen LogP contribution in [0.4, 0.5) is 5.69 Å². The largest absolute Gasteiger partial charge is 0.497 e. The van der Waals surface area contributed by atoms with Gasteiger partial charge in [-0.1, -0.05) is 23.7 Å². The van der Waals surface area contributed by atoms with Crippen LogP contribution < -0.4 is 15.6 Å². The van der Waals surface area contributed by atoms with E-state index in [9.17, 15) is 9.59 Å². The van der Waals surface area contributed by atoms with Crippen LogP contribution in [0.3, 0.4) is 0 Å². The minimum Gasteiger partial charge on any atom is -0.497 e. The third kappa shape index (κ3) is 3.86. The molecular weight excluding hydrogens is 354 g/mol. The molecule has 1 N–H and O–H groups in total. The average Bonchev–Trinajstić information content (AvgIpc) is 2.64. The topological polar surface area (TPSA) is 72.7 Å². The lowest BCUT2D eigenvalue weighted by atomic mass is 10.1. The van der Waals surface area contributed by atoms with Crippen molar-refractivity contribution in [3.8, 4) is 5.75 Å². The number of methoxy groups -OCH3 is 1. The minimum absolute atomic E-state index is 0.171. The summed E-state index contributed by atoms with van der Waals surface area (Å²) in [6, 6.07) is 10.8. The van der Waals surface area contributed by atoms with Crippen molar-refractivity contribution in [2.75, 3.05) is 12.4 Å². The lowest BCUT2D eigenvalue weighted by Crippen LogP contribution is -2.25. The van der Waals surface area contributed by atoms with E-state index in [1.54, 1.807) is 26.2 Å². The molecule has 2 aromatic heterocycles. The van der Waals surface area contributed by atoms with E-state index in [2.05, 4.69) is 10.3 Å². The summed E-state index contributed by atoms with van der Waals surface area (Å²) in [5, 5.41) is 3.10. The Balaban J connectivity index is 1.75. The zero-order valence-electron chi connectivity index (χ0n) is 14.5. The molecule has 3 rings (SSSR count). The Kier molecular flexibility index (Phi) is 5.23. The molecule has 0 atom stereocenters. The molecule has 2 heterocycles. The number of hydrogen-bond acceptors (Lipinski definition) is 4. The van der Waals surface area contributed by atoms with Crippen LogP contribution in [-0.2, 0) is 11.2 Å². The monoisotopic (exact) mass is 371 g/mol. The highest BCUT2D eigenvalue weighted by Gasteiger charge is 2.13. The molecule has 0 saturated carbocycles. The van der Waals surface area contributed by atoms with Crippen LogP contribution in [-0.4, -0.2) is 22.4 Å². The molecule has 1 amide bonds. The van der Waals surface area contributed by atoms with E-state index in [1.165, 1.54) is 10.6 Å². The molecule has 0 spiro atoms. The van der Waals surface area contributed by atoms with Crippen LogP contribution in [0.1, 0.15) is 17.7 Å². The summed E-state index contributed by atoms with van der Waals surface area (Å²) in [7, 11) is 1.61. The summed E-state index contributed by atoms with van der Waals surface area (Å²) in [4.78, 5) is 29.2. The van der Waals surface area contributed by atoms with Crippen molar-refractivity contribution in [2.45, 2.75) is 19.8 Å². The van der Waals surface area contributed by atoms with Gasteiger partial charge in [0, 0.05) is 12.6 Å². The molecule has 0 radical (unpaired) electrons. The van der Waals surface area contributed by atoms with Gasteiger partial charge in [0.1, 0.15) is 17.1 Å². The highest BCUT2D eigenvalue weighted by Crippen LogP contribution is 2.15. The fraction of sp³-hybridized carbons (Fsp3) is 0.211. The minimum atomic E-state index is -0.354. The molecule has 0 fully saturated rings. The van der Waals surface area contributed by atoms with E-state index >= 15 is 0 Å². The molecule has 0 saturated heterocycles. The molecule has 26 heavy (non-hydrogen) atoms. The van der Waals surface area contributed by atoms with Crippen LogP contribution in [0.15, 0.2) is 47.4 Å². The van der Waals surface area contributed by atoms with Gasteiger partial charge in [-0.3, -0.25) is 14.0 Å². The molecule has 0 aliphatic heterocycles. The molecule has 0 bridgehead atoms. The maximum atomic E-state index is 12.6. The van der Waals surface area contributed by atoms with Gasteiger partial charge in [-0.15, -0.1) is 0 Å². The summed E-state index contributed by atoms with van der Waals surface area (Å²) in [5.74, 6) is 0.521. The number of nitrogens with one attached hydrogen (secondary N) is 1. The maximum absolute atomic E-state index is 12.6. The lowest BCUT2D eigenvalue weighted by molar-refractivity contribution is -0.116. The van der Waals surface area contributed by atoms with E-state index in [-0.39, 0.29) is 23.6 Å². The number of carbonyl (C=O) groups excluding carboxylic acids is 1. The molecule has 1 aromatic carbocycles. The van der Waals surface area contributed by atoms with Gasteiger partial charge in [-0.05, 0) is 43.2 Å². The number of amides is 1. The molecule has 0 unspecified atom stereocenters. The summed E-state index contributed by atoms with van der Waals surface area (Å²) >= 11 is 5.94. The number of hydrogen-bond donors (Lipinski definition) is 1. The number of pyridine rings is 1. The van der Waals surface area contributed by atoms with Crippen LogP contribution in [0.2, 0.25) is 5.02 Å². The van der Waals surface area contributed by atoms with Crippen molar-refractivity contribution in [3.63, 3.8) is 0 Å². The van der Waals surface area contributed by atoms with Crippen molar-refractivity contribution in [2.24, 2.45) is 0 Å². The lowest BCUT2D eigenvalue weighted by Gasteiger charge is -2.10.